The van der Waals surface area contributed by atoms with Crippen LogP contribution in [0.15, 0.2) is 24.3 Å². The van der Waals surface area contributed by atoms with Gasteiger partial charge in [-0.3, -0.25) is 19.7 Å². The number of carboxylic acids is 2. The number of ether oxygens (including phenoxy) is 1. The first kappa shape index (κ1) is 53.1. The zero-order valence-corrected chi connectivity index (χ0v) is 33.4. The van der Waals surface area contributed by atoms with Crippen LogP contribution in [0, 0.1) is 10.1 Å². The van der Waals surface area contributed by atoms with Gasteiger partial charge in [-0.1, -0.05) is 150 Å². The van der Waals surface area contributed by atoms with Crippen LogP contribution in [0.5, 0.6) is 0 Å². The predicted octanol–water partition coefficient (Wildman–Crippen LogP) is 13.0. The molecule has 54 heavy (non-hydrogen) atoms. The van der Waals surface area contributed by atoms with Crippen molar-refractivity contribution in [3.8, 4) is 0 Å². The zero-order chi connectivity index (χ0) is 39.4. The van der Waals surface area contributed by atoms with Crippen molar-refractivity contribution in [1.82, 2.24) is 0 Å². The maximum Gasteiger partial charge on any atom is 0.338 e. The molecule has 0 saturated carbocycles. The number of nitrogens with zero attached hydrogens (tertiary/aromatic N) is 1. The van der Waals surface area contributed by atoms with Crippen LogP contribution in [-0.2, 0) is 14.3 Å². The number of non-ortho nitro benzene ring substituents is 1. The van der Waals surface area contributed by atoms with E-state index < -0.39 is 22.8 Å². The van der Waals surface area contributed by atoms with Crippen molar-refractivity contribution in [3.63, 3.8) is 0 Å². The molecule has 0 aliphatic heterocycles. The van der Waals surface area contributed by atoms with Crippen LogP contribution in [0.3, 0.4) is 0 Å². The lowest BCUT2D eigenvalue weighted by Gasteiger charge is -2.18. The third-order valence-corrected chi connectivity index (χ3v) is 9.70. The first-order valence-electron chi connectivity index (χ1n) is 21.2. The smallest absolute Gasteiger partial charge is 0.338 e. The van der Waals surface area contributed by atoms with E-state index in [1.54, 1.807) is 0 Å². The standard InChI is InChI=1S/C25H39NO6.C18H36O3.CH4/c1-2-3-4-11-14-23(15-12-9-7-5-6-8-10-13-16-24(27)28)32-25(29)21-17-19-22(20-18-21)26(30)31;1-2-3-4-11-14-17(19)15-12-9-7-5-6-8-10-13-16-18(20)21;/h17-20,23H,2-16H2,1H3,(H,27,28);17,19H,2-16H2,1H3,(H,20,21);1H4/t23-;17-;/m11./s1. The maximum absolute atomic E-state index is 12.5. The Kier molecular flexibility index (Phi) is 37.6. The molecular weight excluding hydrogens is 686 g/mol. The van der Waals surface area contributed by atoms with Gasteiger partial charge >= 0.3 is 17.9 Å². The first-order chi connectivity index (χ1) is 25.6. The van der Waals surface area contributed by atoms with Crippen molar-refractivity contribution in [1.29, 1.82) is 0 Å². The van der Waals surface area contributed by atoms with Gasteiger partial charge in [0.05, 0.1) is 16.6 Å². The Morgan fingerprint density at radius 2 is 0.907 bits per heavy atom. The number of rotatable bonds is 35. The lowest BCUT2D eigenvalue weighted by molar-refractivity contribution is -0.384. The molecule has 0 aromatic heterocycles. The summed E-state index contributed by atoms with van der Waals surface area (Å²) >= 11 is 0. The van der Waals surface area contributed by atoms with Crippen LogP contribution in [0.25, 0.3) is 0 Å². The van der Waals surface area contributed by atoms with Crippen LogP contribution >= 0.6 is 0 Å². The molecular formula is C44H79NO9. The van der Waals surface area contributed by atoms with Gasteiger partial charge in [0.25, 0.3) is 5.69 Å². The number of nitro groups is 1. The Labute approximate surface area is 328 Å². The molecule has 0 amide bonds. The average molecular weight is 766 g/mol. The average Bonchev–Trinajstić information content (AvgIpc) is 3.13. The highest BCUT2D eigenvalue weighted by Crippen LogP contribution is 2.20. The van der Waals surface area contributed by atoms with E-state index in [2.05, 4.69) is 13.8 Å². The lowest BCUT2D eigenvalue weighted by Crippen LogP contribution is -2.18. The summed E-state index contributed by atoms with van der Waals surface area (Å²) in [6, 6.07) is 5.55. The molecule has 10 heteroatoms. The molecule has 1 rings (SSSR count). The van der Waals surface area contributed by atoms with E-state index in [0.29, 0.717) is 12.0 Å². The van der Waals surface area contributed by atoms with Crippen molar-refractivity contribution in [2.24, 2.45) is 0 Å². The quantitative estimate of drug-likeness (QED) is 0.0264. The third kappa shape index (κ3) is 34.7. The van der Waals surface area contributed by atoms with Gasteiger partial charge in [-0.2, -0.15) is 0 Å². The number of hydrogen-bond donors (Lipinski definition) is 3. The number of nitro benzene ring substituents is 1. The van der Waals surface area contributed by atoms with E-state index >= 15 is 0 Å². The number of carbonyl (C=O) groups is 3. The van der Waals surface area contributed by atoms with E-state index in [0.717, 1.165) is 122 Å². The van der Waals surface area contributed by atoms with Crippen molar-refractivity contribution in [3.05, 3.63) is 39.9 Å². The fourth-order valence-corrected chi connectivity index (χ4v) is 6.38. The SMILES string of the molecule is C.CCCCCC[C@@H](O)CCCCCCCCCCC(=O)O.CCCCCC[C@H](CCCCCCCCCCC(=O)O)OC(=O)c1ccc([N+](=O)[O-])cc1. The molecule has 3 N–H and O–H groups in total. The minimum Gasteiger partial charge on any atom is -0.481 e. The minimum absolute atomic E-state index is 0. The molecule has 0 aliphatic rings. The molecule has 1 aromatic carbocycles. The van der Waals surface area contributed by atoms with Gasteiger partial charge in [0.2, 0.25) is 0 Å². The number of benzene rings is 1. The number of aliphatic carboxylic acids is 2. The van der Waals surface area contributed by atoms with Crippen molar-refractivity contribution in [2.45, 2.75) is 226 Å². The molecule has 0 aliphatic carbocycles. The summed E-state index contributed by atoms with van der Waals surface area (Å²) < 4.78 is 5.75. The van der Waals surface area contributed by atoms with Crippen LogP contribution in [0.1, 0.15) is 224 Å². The van der Waals surface area contributed by atoms with Crippen molar-refractivity contribution >= 4 is 23.6 Å². The van der Waals surface area contributed by atoms with Crippen LogP contribution in [0.4, 0.5) is 5.69 Å². The molecule has 0 bridgehead atoms. The fraction of sp³-hybridized carbons (Fsp3) is 0.795. The Morgan fingerprint density at radius 1 is 0.574 bits per heavy atom. The Morgan fingerprint density at radius 3 is 1.26 bits per heavy atom. The Hall–Kier alpha value is -3.01. The highest BCUT2D eigenvalue weighted by molar-refractivity contribution is 5.89. The molecule has 0 spiro atoms. The van der Waals surface area contributed by atoms with Gasteiger partial charge in [-0.25, -0.2) is 4.79 Å². The Balaban J connectivity index is 0. The van der Waals surface area contributed by atoms with Gasteiger partial charge in [0.1, 0.15) is 6.10 Å². The predicted molar refractivity (Wildman–Crippen MR) is 220 cm³/mol. The second-order valence-corrected chi connectivity index (χ2v) is 14.7. The molecule has 0 radical (unpaired) electrons. The van der Waals surface area contributed by atoms with E-state index in [4.69, 9.17) is 14.9 Å². The highest BCUT2D eigenvalue weighted by Gasteiger charge is 2.17. The van der Waals surface area contributed by atoms with Gasteiger partial charge < -0.3 is 20.1 Å². The van der Waals surface area contributed by atoms with E-state index in [1.165, 1.54) is 82.1 Å². The monoisotopic (exact) mass is 766 g/mol. The second kappa shape index (κ2) is 38.3. The molecule has 0 unspecified atom stereocenters. The summed E-state index contributed by atoms with van der Waals surface area (Å²) in [7, 11) is 0. The molecule has 0 saturated heterocycles. The van der Waals surface area contributed by atoms with Gasteiger partial charge in [0, 0.05) is 25.0 Å². The number of aliphatic hydroxyl groups is 1. The molecule has 2 atom stereocenters. The topological polar surface area (TPSA) is 164 Å². The normalized spacial score (nSPS) is 11.8. The summed E-state index contributed by atoms with van der Waals surface area (Å²) in [5, 5.41) is 37.8. The number of unbranched alkanes of at least 4 members (excludes halogenated alkanes) is 20. The molecule has 314 valence electrons. The summed E-state index contributed by atoms with van der Waals surface area (Å²) in [5.41, 5.74) is 0.302. The highest BCUT2D eigenvalue weighted by atomic mass is 16.6. The molecule has 1 aromatic rings. The minimum atomic E-state index is -0.719. The van der Waals surface area contributed by atoms with E-state index in [-0.39, 0.29) is 31.7 Å². The number of carbonyl (C=O) groups excluding carboxylic acids is 1. The second-order valence-electron chi connectivity index (χ2n) is 14.7. The zero-order valence-electron chi connectivity index (χ0n) is 33.4. The van der Waals surface area contributed by atoms with Gasteiger partial charge in [-0.05, 0) is 63.5 Å². The van der Waals surface area contributed by atoms with Gasteiger partial charge in [-0.15, -0.1) is 0 Å². The summed E-state index contributed by atoms with van der Waals surface area (Å²) in [6.07, 6.45) is 30.9. The number of esters is 1. The van der Waals surface area contributed by atoms with Crippen LogP contribution in [0.2, 0.25) is 0 Å². The molecule has 10 nitrogen and oxygen atoms in total. The molecule has 0 fully saturated rings. The Bertz CT molecular complexity index is 1050. The van der Waals surface area contributed by atoms with Crippen LogP contribution < -0.4 is 0 Å². The van der Waals surface area contributed by atoms with Crippen molar-refractivity contribution in [2.75, 3.05) is 0 Å². The maximum atomic E-state index is 12.5. The third-order valence-electron chi connectivity index (χ3n) is 9.70. The van der Waals surface area contributed by atoms with Gasteiger partial charge in [0.15, 0.2) is 0 Å². The van der Waals surface area contributed by atoms with Crippen LogP contribution in [-0.4, -0.2) is 50.4 Å². The molecule has 0 heterocycles. The summed E-state index contributed by atoms with van der Waals surface area (Å²) in [4.78, 5) is 43.6. The van der Waals surface area contributed by atoms with E-state index in [9.17, 15) is 29.6 Å². The number of carboxylic acid groups (broad SMARTS) is 2. The largest absolute Gasteiger partial charge is 0.481 e. The fourth-order valence-electron chi connectivity index (χ4n) is 6.38. The van der Waals surface area contributed by atoms with E-state index in [1.807, 2.05) is 0 Å². The number of hydrogen-bond acceptors (Lipinski definition) is 7. The number of aliphatic hydroxyl groups excluding tert-OH is 1. The lowest BCUT2D eigenvalue weighted by atomic mass is 10.0. The summed E-state index contributed by atoms with van der Waals surface area (Å²) in [6.45, 7) is 4.38. The first-order valence-corrected chi connectivity index (χ1v) is 21.2. The summed E-state index contributed by atoms with van der Waals surface area (Å²) in [5.74, 6) is -1.81. The van der Waals surface area contributed by atoms with Crippen molar-refractivity contribution < 1.29 is 39.4 Å².